The molecule has 2 rings (SSSR count). The molecule has 0 amide bonds. The van der Waals surface area contributed by atoms with E-state index in [1.807, 2.05) is 0 Å². The fourth-order valence-electron chi connectivity index (χ4n) is 2.21. The molecule has 0 aromatic heterocycles. The van der Waals surface area contributed by atoms with E-state index in [4.69, 9.17) is 12.2 Å². The number of rotatable bonds is 4. The molecular weight excluding hydrogens is 430 g/mol. The van der Waals surface area contributed by atoms with Crippen LogP contribution in [0, 0.1) is 0 Å². The summed E-state index contributed by atoms with van der Waals surface area (Å²) >= 11 is 4.83. The van der Waals surface area contributed by atoms with Gasteiger partial charge in [-0.15, -0.1) is 0 Å². The molecule has 0 radical (unpaired) electrons. The molecule has 0 saturated carbocycles. The van der Waals surface area contributed by atoms with Gasteiger partial charge in [0.05, 0.1) is 14.8 Å². The van der Waals surface area contributed by atoms with Gasteiger partial charge in [-0.1, -0.05) is 12.2 Å². The molecule has 0 aliphatic carbocycles. The molecule has 0 aliphatic heterocycles. The second-order valence-electron chi connectivity index (χ2n) is 5.10. The molecule has 26 heavy (non-hydrogen) atoms. The molecule has 0 spiro atoms. The quantitative estimate of drug-likeness (QED) is 0.398. The average molecular weight is 441 g/mol. The van der Waals surface area contributed by atoms with Crippen LogP contribution in [0.2, 0.25) is 0 Å². The molecule has 0 unspecified atom stereocenters. The van der Waals surface area contributed by atoms with Crippen LogP contribution in [0.4, 0.5) is 5.69 Å². The Morgan fingerprint density at radius 2 is 1.31 bits per heavy atom. The van der Waals surface area contributed by atoms with Crippen molar-refractivity contribution in [3.63, 3.8) is 0 Å². The summed E-state index contributed by atoms with van der Waals surface area (Å²) in [6.45, 7) is 1.39. The van der Waals surface area contributed by atoms with Gasteiger partial charge in [-0.25, -0.2) is 0 Å². The minimum absolute atomic E-state index is 0.0823. The normalized spacial score (nSPS) is 12.9. The van der Waals surface area contributed by atoms with Gasteiger partial charge in [0.2, 0.25) is 0 Å². The number of hydrogen-bond acceptors (Lipinski definition) is 7. The van der Waals surface area contributed by atoms with Crippen molar-refractivity contribution in [2.75, 3.05) is 5.32 Å². The van der Waals surface area contributed by atoms with Gasteiger partial charge < -0.3 is 5.32 Å². The molecule has 0 heterocycles. The highest BCUT2D eigenvalue weighted by Gasteiger charge is 2.24. The zero-order chi connectivity index (χ0) is 20.1. The molecule has 0 aliphatic rings. The molecule has 14 heteroatoms. The fourth-order valence-corrected chi connectivity index (χ4v) is 4.24. The van der Waals surface area contributed by atoms with Crippen LogP contribution >= 0.6 is 12.2 Å². The summed E-state index contributed by atoms with van der Waals surface area (Å²) in [5, 5.41) is 1.89. The van der Waals surface area contributed by atoms with Gasteiger partial charge in [0.1, 0.15) is 4.90 Å². The van der Waals surface area contributed by atoms with Crippen LogP contribution in [0.1, 0.15) is 6.92 Å². The molecule has 2 aromatic carbocycles. The molecular formula is C12H11NO9S4. The second kappa shape index (κ2) is 6.49. The van der Waals surface area contributed by atoms with Crippen molar-refractivity contribution < 1.29 is 38.9 Å². The summed E-state index contributed by atoms with van der Waals surface area (Å²) in [4.78, 5) is -2.44. The van der Waals surface area contributed by atoms with Crippen molar-refractivity contribution in [3.8, 4) is 0 Å². The summed E-state index contributed by atoms with van der Waals surface area (Å²) in [6, 6.07) is 2.91. The molecule has 4 N–H and O–H groups in total. The SMILES string of the molecule is CC(=S)Nc1cc(S(=O)(=O)O)cc2cc(S(=O)(=O)O)cc(S(=O)(=O)O)c12. The zero-order valence-electron chi connectivity index (χ0n) is 12.7. The predicted molar refractivity (Wildman–Crippen MR) is 95.3 cm³/mol. The van der Waals surface area contributed by atoms with Gasteiger partial charge in [-0.2, -0.15) is 25.3 Å². The first-order valence-electron chi connectivity index (χ1n) is 6.42. The number of benzene rings is 2. The van der Waals surface area contributed by atoms with Crippen LogP contribution in [-0.4, -0.2) is 43.9 Å². The molecule has 2 aromatic rings. The molecule has 0 saturated heterocycles. The highest BCUT2D eigenvalue weighted by Crippen LogP contribution is 2.35. The van der Waals surface area contributed by atoms with Crippen LogP contribution in [0.3, 0.4) is 0 Å². The fraction of sp³-hybridized carbons (Fsp3) is 0.0833. The Morgan fingerprint density at radius 1 is 0.846 bits per heavy atom. The van der Waals surface area contributed by atoms with Crippen LogP contribution in [0.25, 0.3) is 10.8 Å². The standard InChI is InChI=1S/C12H11NO9S4/c1-6(23)13-10-4-8(24(14,15)16)2-7-3-9(25(17,18)19)5-11(12(7)10)26(20,21)22/h2-5H,1H3,(H,13,23)(H,14,15,16)(H,17,18,19)(H,20,21,22). The van der Waals surface area contributed by atoms with E-state index in [1.54, 1.807) is 0 Å². The Labute approximate surface area is 154 Å². The monoisotopic (exact) mass is 441 g/mol. The Balaban J connectivity index is 3.16. The zero-order valence-corrected chi connectivity index (χ0v) is 16.0. The smallest absolute Gasteiger partial charge is 0.295 e. The van der Waals surface area contributed by atoms with Crippen LogP contribution in [0.5, 0.6) is 0 Å². The van der Waals surface area contributed by atoms with Crippen molar-refractivity contribution in [2.24, 2.45) is 0 Å². The van der Waals surface area contributed by atoms with Crippen molar-refractivity contribution >= 4 is 64.0 Å². The Kier molecular flexibility index (Phi) is 5.15. The van der Waals surface area contributed by atoms with E-state index in [1.165, 1.54) is 6.92 Å². The summed E-state index contributed by atoms with van der Waals surface area (Å²) in [7, 11) is -14.6. The van der Waals surface area contributed by atoms with Gasteiger partial charge in [-0.05, 0) is 36.6 Å². The minimum atomic E-state index is -4.99. The van der Waals surface area contributed by atoms with Gasteiger partial charge in [0, 0.05) is 11.1 Å². The Bertz CT molecular complexity index is 1240. The molecule has 0 bridgehead atoms. The topological polar surface area (TPSA) is 175 Å². The van der Waals surface area contributed by atoms with Crippen molar-refractivity contribution in [1.82, 2.24) is 0 Å². The maximum Gasteiger partial charge on any atom is 0.295 e. The highest BCUT2D eigenvalue weighted by molar-refractivity contribution is 7.87. The summed E-state index contributed by atoms with van der Waals surface area (Å²) in [6.07, 6.45) is 0. The van der Waals surface area contributed by atoms with E-state index in [0.717, 1.165) is 18.2 Å². The lowest BCUT2D eigenvalue weighted by Gasteiger charge is -2.14. The highest BCUT2D eigenvalue weighted by atomic mass is 32.2. The van der Waals surface area contributed by atoms with Crippen LogP contribution in [-0.2, 0) is 30.4 Å². The lowest BCUT2D eigenvalue weighted by molar-refractivity contribution is 0.480. The van der Waals surface area contributed by atoms with E-state index in [9.17, 15) is 38.9 Å². The number of nitrogens with one attached hydrogen (secondary N) is 1. The number of anilines is 1. The van der Waals surface area contributed by atoms with E-state index in [2.05, 4.69) is 5.32 Å². The lowest BCUT2D eigenvalue weighted by Crippen LogP contribution is -2.10. The first-order chi connectivity index (χ1) is 11.6. The van der Waals surface area contributed by atoms with Crippen LogP contribution in [0.15, 0.2) is 39.0 Å². The maximum atomic E-state index is 11.7. The third-order valence-corrected chi connectivity index (χ3v) is 5.79. The second-order valence-corrected chi connectivity index (χ2v) is 9.94. The molecule has 10 nitrogen and oxygen atoms in total. The van der Waals surface area contributed by atoms with Gasteiger partial charge in [0.15, 0.2) is 0 Å². The molecule has 142 valence electrons. The van der Waals surface area contributed by atoms with Gasteiger partial charge >= 0.3 is 0 Å². The predicted octanol–water partition coefficient (Wildman–Crippen LogP) is 1.34. The van der Waals surface area contributed by atoms with E-state index in [-0.39, 0.29) is 21.4 Å². The number of fused-ring (bicyclic) bond motifs is 1. The van der Waals surface area contributed by atoms with E-state index in [0.29, 0.717) is 6.07 Å². The third-order valence-electron chi connectivity index (χ3n) is 3.14. The van der Waals surface area contributed by atoms with Gasteiger partial charge in [0.25, 0.3) is 30.4 Å². The molecule has 0 atom stereocenters. The van der Waals surface area contributed by atoms with Crippen molar-refractivity contribution in [3.05, 3.63) is 24.3 Å². The average Bonchev–Trinajstić information content (AvgIpc) is 2.42. The number of hydrogen-bond donors (Lipinski definition) is 4. The largest absolute Gasteiger partial charge is 0.350 e. The first kappa shape index (κ1) is 20.6. The van der Waals surface area contributed by atoms with Crippen molar-refractivity contribution in [2.45, 2.75) is 21.6 Å². The van der Waals surface area contributed by atoms with E-state index < -0.39 is 45.0 Å². The van der Waals surface area contributed by atoms with Crippen molar-refractivity contribution in [1.29, 1.82) is 0 Å². The summed E-state index contributed by atoms with van der Waals surface area (Å²) in [5.41, 5.74) is -0.225. The third kappa shape index (κ3) is 4.35. The minimum Gasteiger partial charge on any atom is -0.350 e. The Hall–Kier alpha value is -1.68. The van der Waals surface area contributed by atoms with Crippen LogP contribution < -0.4 is 5.32 Å². The summed E-state index contributed by atoms with van der Waals surface area (Å²) in [5.74, 6) is 0. The molecule has 0 fully saturated rings. The summed E-state index contributed by atoms with van der Waals surface area (Å²) < 4.78 is 96.9. The van der Waals surface area contributed by atoms with E-state index >= 15 is 0 Å². The lowest BCUT2D eigenvalue weighted by atomic mass is 10.1. The Morgan fingerprint density at radius 3 is 1.69 bits per heavy atom. The van der Waals surface area contributed by atoms with Gasteiger partial charge in [-0.3, -0.25) is 13.7 Å². The maximum absolute atomic E-state index is 11.7. The number of thiocarbonyl (C=S) groups is 1. The first-order valence-corrected chi connectivity index (χ1v) is 11.2.